The van der Waals surface area contributed by atoms with Gasteiger partial charge in [0.05, 0.1) is 0 Å². The molecule has 2 aromatic carbocycles. The first-order valence-corrected chi connectivity index (χ1v) is 6.05. The second-order valence-electron chi connectivity index (χ2n) is 3.25. The largest absolute Gasteiger partial charge is 0.122 e. The highest BCUT2D eigenvalue weighted by molar-refractivity contribution is 9.10. The second kappa shape index (κ2) is 4.82. The monoisotopic (exact) mass is 280 g/mol. The SMILES string of the molecule is ClCC=Cc1ccc2ccccc2c1Br. The number of allylic oxidation sites excluding steroid dienone is 1. The smallest absolute Gasteiger partial charge is 0.0407 e. The van der Waals surface area contributed by atoms with Crippen molar-refractivity contribution in [1.29, 1.82) is 0 Å². The molecule has 0 nitrogen and oxygen atoms in total. The summed E-state index contributed by atoms with van der Waals surface area (Å²) >= 11 is 9.24. The van der Waals surface area contributed by atoms with E-state index in [0.29, 0.717) is 5.88 Å². The fourth-order valence-electron chi connectivity index (χ4n) is 1.55. The molecule has 2 heteroatoms. The minimum Gasteiger partial charge on any atom is -0.122 e. The molecule has 15 heavy (non-hydrogen) atoms. The van der Waals surface area contributed by atoms with Crippen molar-refractivity contribution in [3.8, 4) is 0 Å². The lowest BCUT2D eigenvalue weighted by molar-refractivity contribution is 1.64. The Balaban J connectivity index is 2.60. The molecule has 0 aromatic heterocycles. The van der Waals surface area contributed by atoms with Gasteiger partial charge in [-0.1, -0.05) is 48.6 Å². The molecule has 0 fully saturated rings. The van der Waals surface area contributed by atoms with Crippen LogP contribution < -0.4 is 0 Å². The van der Waals surface area contributed by atoms with Crippen molar-refractivity contribution in [2.45, 2.75) is 0 Å². The van der Waals surface area contributed by atoms with Gasteiger partial charge in [-0.2, -0.15) is 0 Å². The van der Waals surface area contributed by atoms with E-state index in [1.54, 1.807) is 0 Å². The van der Waals surface area contributed by atoms with Gasteiger partial charge in [0.15, 0.2) is 0 Å². The second-order valence-corrected chi connectivity index (χ2v) is 4.35. The van der Waals surface area contributed by atoms with Crippen LogP contribution in [0.3, 0.4) is 0 Å². The Hall–Kier alpha value is -0.790. The van der Waals surface area contributed by atoms with Crippen LogP contribution in [0.2, 0.25) is 0 Å². The van der Waals surface area contributed by atoms with Crippen molar-refractivity contribution in [3.63, 3.8) is 0 Å². The molecule has 0 N–H and O–H groups in total. The molecule has 2 rings (SSSR count). The van der Waals surface area contributed by atoms with E-state index in [4.69, 9.17) is 11.6 Å². The van der Waals surface area contributed by atoms with Gasteiger partial charge in [0.1, 0.15) is 0 Å². The van der Waals surface area contributed by atoms with E-state index in [-0.39, 0.29) is 0 Å². The first-order chi connectivity index (χ1) is 7.33. The van der Waals surface area contributed by atoms with Crippen LogP contribution in [0, 0.1) is 0 Å². The molecule has 0 bridgehead atoms. The van der Waals surface area contributed by atoms with E-state index in [9.17, 15) is 0 Å². The molecule has 0 aliphatic rings. The number of hydrogen-bond acceptors (Lipinski definition) is 0. The first kappa shape index (κ1) is 10.7. The number of alkyl halides is 1. The Morgan fingerprint density at radius 2 is 1.93 bits per heavy atom. The standard InChI is InChI=1S/C13H10BrCl/c14-13-11(5-3-9-15)8-7-10-4-1-2-6-12(10)13/h1-8H,9H2. The van der Waals surface area contributed by atoms with Crippen molar-refractivity contribution in [3.05, 3.63) is 52.5 Å². The number of benzene rings is 2. The average Bonchev–Trinajstić information content (AvgIpc) is 2.29. The number of rotatable bonds is 2. The molecule has 0 aliphatic carbocycles. The Kier molecular flexibility index (Phi) is 3.45. The molecule has 76 valence electrons. The molecular formula is C13H10BrCl. The third kappa shape index (κ3) is 2.24. The highest BCUT2D eigenvalue weighted by Crippen LogP contribution is 2.28. The Morgan fingerprint density at radius 1 is 1.13 bits per heavy atom. The van der Waals surface area contributed by atoms with E-state index in [2.05, 4.69) is 40.2 Å². The molecule has 0 saturated carbocycles. The highest BCUT2D eigenvalue weighted by atomic mass is 79.9. The van der Waals surface area contributed by atoms with Gasteiger partial charge in [-0.25, -0.2) is 0 Å². The maximum atomic E-state index is 5.62. The van der Waals surface area contributed by atoms with E-state index < -0.39 is 0 Å². The zero-order valence-corrected chi connectivity index (χ0v) is 10.4. The van der Waals surface area contributed by atoms with Crippen LogP contribution in [-0.4, -0.2) is 5.88 Å². The number of halogens is 2. The summed E-state index contributed by atoms with van der Waals surface area (Å²) in [7, 11) is 0. The molecule has 0 aliphatic heterocycles. The lowest BCUT2D eigenvalue weighted by Crippen LogP contribution is -1.79. The van der Waals surface area contributed by atoms with E-state index >= 15 is 0 Å². The third-order valence-electron chi connectivity index (χ3n) is 2.28. The summed E-state index contributed by atoms with van der Waals surface area (Å²) < 4.78 is 1.13. The molecule has 0 unspecified atom stereocenters. The third-order valence-corrected chi connectivity index (χ3v) is 3.34. The van der Waals surface area contributed by atoms with Crippen LogP contribution in [0.25, 0.3) is 16.8 Å². The van der Waals surface area contributed by atoms with Gasteiger partial charge in [-0.05, 0) is 32.3 Å². The summed E-state index contributed by atoms with van der Waals surface area (Å²) in [5.74, 6) is 0.541. The zero-order valence-electron chi connectivity index (χ0n) is 8.08. The molecule has 0 radical (unpaired) electrons. The zero-order chi connectivity index (χ0) is 10.7. The van der Waals surface area contributed by atoms with Crippen molar-refractivity contribution >= 4 is 44.4 Å². The van der Waals surface area contributed by atoms with Crippen LogP contribution in [0.15, 0.2) is 46.9 Å². The number of fused-ring (bicyclic) bond motifs is 1. The van der Waals surface area contributed by atoms with Gasteiger partial charge in [0, 0.05) is 10.4 Å². The Labute approximate surface area is 103 Å². The molecule has 0 spiro atoms. The van der Waals surface area contributed by atoms with Gasteiger partial charge < -0.3 is 0 Å². The normalized spacial score (nSPS) is 11.3. The van der Waals surface area contributed by atoms with Crippen molar-refractivity contribution in [2.24, 2.45) is 0 Å². The maximum Gasteiger partial charge on any atom is 0.0407 e. The van der Waals surface area contributed by atoms with Crippen LogP contribution in [0.5, 0.6) is 0 Å². The van der Waals surface area contributed by atoms with Gasteiger partial charge in [-0.3, -0.25) is 0 Å². The molecule has 2 aromatic rings. The lowest BCUT2D eigenvalue weighted by Gasteiger charge is -2.03. The summed E-state index contributed by atoms with van der Waals surface area (Å²) in [5.41, 5.74) is 1.16. The summed E-state index contributed by atoms with van der Waals surface area (Å²) in [5, 5.41) is 2.47. The van der Waals surface area contributed by atoms with E-state index in [1.807, 2.05) is 24.3 Å². The summed E-state index contributed by atoms with van der Waals surface area (Å²) in [4.78, 5) is 0. The Morgan fingerprint density at radius 3 is 2.73 bits per heavy atom. The van der Waals surface area contributed by atoms with Crippen LogP contribution in [0.1, 0.15) is 5.56 Å². The van der Waals surface area contributed by atoms with Gasteiger partial charge >= 0.3 is 0 Å². The van der Waals surface area contributed by atoms with Crippen LogP contribution in [0.4, 0.5) is 0 Å². The highest BCUT2D eigenvalue weighted by Gasteiger charge is 2.01. The Bertz CT molecular complexity index is 503. The number of hydrogen-bond donors (Lipinski definition) is 0. The average molecular weight is 282 g/mol. The summed E-state index contributed by atoms with van der Waals surface area (Å²) in [6.07, 6.45) is 3.97. The fraction of sp³-hybridized carbons (Fsp3) is 0.0769. The maximum absolute atomic E-state index is 5.62. The minimum absolute atomic E-state index is 0.541. The molecule has 0 amide bonds. The van der Waals surface area contributed by atoms with Gasteiger partial charge in [0.25, 0.3) is 0 Å². The van der Waals surface area contributed by atoms with Crippen molar-refractivity contribution in [2.75, 3.05) is 5.88 Å². The van der Waals surface area contributed by atoms with Crippen LogP contribution in [-0.2, 0) is 0 Å². The summed E-state index contributed by atoms with van der Waals surface area (Å²) in [6, 6.07) is 12.5. The molecule has 0 heterocycles. The van der Waals surface area contributed by atoms with Crippen molar-refractivity contribution < 1.29 is 0 Å². The van der Waals surface area contributed by atoms with Gasteiger partial charge in [0.2, 0.25) is 0 Å². The quantitative estimate of drug-likeness (QED) is 0.690. The van der Waals surface area contributed by atoms with Gasteiger partial charge in [-0.15, -0.1) is 11.6 Å². The predicted molar refractivity (Wildman–Crippen MR) is 71.4 cm³/mol. The van der Waals surface area contributed by atoms with Crippen LogP contribution >= 0.6 is 27.5 Å². The molecule has 0 atom stereocenters. The topological polar surface area (TPSA) is 0 Å². The predicted octanol–water partition coefficient (Wildman–Crippen LogP) is 4.85. The molecule has 0 saturated heterocycles. The first-order valence-electron chi connectivity index (χ1n) is 4.72. The van der Waals surface area contributed by atoms with E-state index in [1.165, 1.54) is 10.8 Å². The molecular weight excluding hydrogens is 271 g/mol. The lowest BCUT2D eigenvalue weighted by atomic mass is 10.1. The van der Waals surface area contributed by atoms with E-state index in [0.717, 1.165) is 10.0 Å². The summed E-state index contributed by atoms with van der Waals surface area (Å²) in [6.45, 7) is 0. The van der Waals surface area contributed by atoms with Crippen molar-refractivity contribution in [1.82, 2.24) is 0 Å². The minimum atomic E-state index is 0.541. The fourth-order valence-corrected chi connectivity index (χ4v) is 2.27.